The highest BCUT2D eigenvalue weighted by atomic mass is 15.2. The lowest BCUT2D eigenvalue weighted by Gasteiger charge is -2.42. The summed E-state index contributed by atoms with van der Waals surface area (Å²) in [5.41, 5.74) is 0. The van der Waals surface area contributed by atoms with Crippen molar-refractivity contribution in [2.75, 3.05) is 19.6 Å². The van der Waals surface area contributed by atoms with Crippen molar-refractivity contribution in [3.05, 3.63) is 0 Å². The summed E-state index contributed by atoms with van der Waals surface area (Å²) in [6.07, 6.45) is 7.09. The van der Waals surface area contributed by atoms with Crippen molar-refractivity contribution < 1.29 is 0 Å². The maximum Gasteiger partial charge on any atom is 0.0198 e. The molecule has 0 amide bonds. The summed E-state index contributed by atoms with van der Waals surface area (Å²) in [5, 5.41) is 3.81. The van der Waals surface area contributed by atoms with Crippen molar-refractivity contribution in [3.63, 3.8) is 0 Å². The molecule has 3 atom stereocenters. The summed E-state index contributed by atoms with van der Waals surface area (Å²) in [4.78, 5) is 2.79. The van der Waals surface area contributed by atoms with Crippen LogP contribution in [-0.4, -0.2) is 36.6 Å². The molecular formula is C17H34N2. The molecule has 0 radical (unpaired) electrons. The molecule has 2 nitrogen and oxygen atoms in total. The topological polar surface area (TPSA) is 15.3 Å². The van der Waals surface area contributed by atoms with Gasteiger partial charge in [-0.25, -0.2) is 0 Å². The van der Waals surface area contributed by atoms with Gasteiger partial charge >= 0.3 is 0 Å². The van der Waals surface area contributed by atoms with Crippen LogP contribution in [-0.2, 0) is 0 Å². The predicted molar refractivity (Wildman–Crippen MR) is 83.4 cm³/mol. The molecule has 2 rings (SSSR count). The first kappa shape index (κ1) is 15.3. The van der Waals surface area contributed by atoms with Gasteiger partial charge in [0.1, 0.15) is 0 Å². The normalized spacial score (nSPS) is 30.8. The standard InChI is InChI=1S/C17H34N2/c1-5-6-15-9-17(18-10-13(2)3)12-19(11-15)14(4)16-7-8-16/h13-18H,5-12H2,1-4H3. The van der Waals surface area contributed by atoms with Crippen LogP contribution in [0.25, 0.3) is 0 Å². The first-order chi connectivity index (χ1) is 9.10. The highest BCUT2D eigenvalue weighted by molar-refractivity contribution is 4.91. The first-order valence-corrected chi connectivity index (χ1v) is 8.57. The van der Waals surface area contributed by atoms with E-state index in [1.54, 1.807) is 0 Å². The molecule has 1 aliphatic carbocycles. The van der Waals surface area contributed by atoms with E-state index in [9.17, 15) is 0 Å². The van der Waals surface area contributed by atoms with Crippen molar-refractivity contribution >= 4 is 0 Å². The fraction of sp³-hybridized carbons (Fsp3) is 1.00. The van der Waals surface area contributed by atoms with Crippen molar-refractivity contribution in [2.45, 2.75) is 71.9 Å². The molecule has 112 valence electrons. The number of likely N-dealkylation sites (tertiary alicyclic amines) is 1. The van der Waals surface area contributed by atoms with Crippen LogP contribution in [0.3, 0.4) is 0 Å². The lowest BCUT2D eigenvalue weighted by atomic mass is 9.89. The molecule has 1 N–H and O–H groups in total. The van der Waals surface area contributed by atoms with Gasteiger partial charge in [0.25, 0.3) is 0 Å². The van der Waals surface area contributed by atoms with E-state index in [0.29, 0.717) is 0 Å². The maximum atomic E-state index is 3.81. The molecule has 0 bridgehead atoms. The fourth-order valence-electron chi connectivity index (χ4n) is 3.62. The third-order valence-electron chi connectivity index (χ3n) is 4.96. The highest BCUT2D eigenvalue weighted by Crippen LogP contribution is 2.37. The molecule has 19 heavy (non-hydrogen) atoms. The van der Waals surface area contributed by atoms with E-state index >= 15 is 0 Å². The van der Waals surface area contributed by atoms with Gasteiger partial charge in [-0.15, -0.1) is 0 Å². The number of nitrogens with zero attached hydrogens (tertiary/aromatic N) is 1. The lowest BCUT2D eigenvalue weighted by molar-refractivity contribution is 0.0896. The van der Waals surface area contributed by atoms with Crippen LogP contribution in [0, 0.1) is 17.8 Å². The Hall–Kier alpha value is -0.0800. The molecule has 1 saturated carbocycles. The van der Waals surface area contributed by atoms with E-state index < -0.39 is 0 Å². The second-order valence-corrected chi connectivity index (χ2v) is 7.42. The smallest absolute Gasteiger partial charge is 0.0198 e. The summed E-state index contributed by atoms with van der Waals surface area (Å²) in [6.45, 7) is 13.2. The van der Waals surface area contributed by atoms with Gasteiger partial charge in [0.2, 0.25) is 0 Å². The Morgan fingerprint density at radius 1 is 1.16 bits per heavy atom. The van der Waals surface area contributed by atoms with Gasteiger partial charge in [-0.05, 0) is 56.9 Å². The minimum Gasteiger partial charge on any atom is -0.312 e. The quantitative estimate of drug-likeness (QED) is 0.758. The van der Waals surface area contributed by atoms with Crippen LogP contribution in [0.15, 0.2) is 0 Å². The molecule has 3 unspecified atom stereocenters. The molecule has 1 heterocycles. The summed E-state index contributed by atoms with van der Waals surface area (Å²) < 4.78 is 0. The number of rotatable bonds is 7. The molecule has 2 heteroatoms. The summed E-state index contributed by atoms with van der Waals surface area (Å²) in [6, 6.07) is 1.55. The Morgan fingerprint density at radius 3 is 2.47 bits per heavy atom. The Labute approximate surface area is 120 Å². The summed E-state index contributed by atoms with van der Waals surface area (Å²) >= 11 is 0. The Morgan fingerprint density at radius 2 is 1.89 bits per heavy atom. The molecule has 0 aromatic carbocycles. The van der Waals surface area contributed by atoms with Gasteiger partial charge < -0.3 is 5.32 Å². The van der Waals surface area contributed by atoms with Crippen LogP contribution in [0.4, 0.5) is 0 Å². The minimum absolute atomic E-state index is 0.730. The van der Waals surface area contributed by atoms with E-state index in [1.165, 1.54) is 51.7 Å². The second-order valence-electron chi connectivity index (χ2n) is 7.42. The van der Waals surface area contributed by atoms with Crippen LogP contribution in [0.1, 0.15) is 59.8 Å². The van der Waals surface area contributed by atoms with Crippen LogP contribution < -0.4 is 5.32 Å². The van der Waals surface area contributed by atoms with Crippen LogP contribution in [0.2, 0.25) is 0 Å². The average molecular weight is 266 g/mol. The first-order valence-electron chi connectivity index (χ1n) is 8.57. The fourth-order valence-corrected chi connectivity index (χ4v) is 3.62. The molecule has 1 saturated heterocycles. The summed E-state index contributed by atoms with van der Waals surface area (Å²) in [5.74, 6) is 2.69. The van der Waals surface area contributed by atoms with Crippen molar-refractivity contribution in [2.24, 2.45) is 17.8 Å². The van der Waals surface area contributed by atoms with E-state index in [2.05, 4.69) is 37.9 Å². The number of nitrogens with one attached hydrogen (secondary N) is 1. The van der Waals surface area contributed by atoms with E-state index in [4.69, 9.17) is 0 Å². The van der Waals surface area contributed by atoms with E-state index in [-0.39, 0.29) is 0 Å². The molecule has 2 aliphatic rings. The largest absolute Gasteiger partial charge is 0.312 e. The number of piperidine rings is 1. The van der Waals surface area contributed by atoms with Gasteiger partial charge in [0.15, 0.2) is 0 Å². The van der Waals surface area contributed by atoms with Gasteiger partial charge in [-0.1, -0.05) is 27.2 Å². The molecule has 0 aromatic heterocycles. The van der Waals surface area contributed by atoms with Crippen LogP contribution in [0.5, 0.6) is 0 Å². The zero-order valence-corrected chi connectivity index (χ0v) is 13.5. The van der Waals surface area contributed by atoms with Gasteiger partial charge in [-0.2, -0.15) is 0 Å². The van der Waals surface area contributed by atoms with Crippen molar-refractivity contribution in [3.8, 4) is 0 Å². The summed E-state index contributed by atoms with van der Waals surface area (Å²) in [7, 11) is 0. The lowest BCUT2D eigenvalue weighted by Crippen LogP contribution is -2.53. The molecular weight excluding hydrogens is 232 g/mol. The predicted octanol–water partition coefficient (Wildman–Crippen LogP) is 3.52. The van der Waals surface area contributed by atoms with Crippen molar-refractivity contribution in [1.82, 2.24) is 10.2 Å². The van der Waals surface area contributed by atoms with Gasteiger partial charge in [0.05, 0.1) is 0 Å². The SMILES string of the molecule is CCCC1CC(NCC(C)C)CN(C(C)C2CC2)C1. The zero-order chi connectivity index (χ0) is 13.8. The maximum absolute atomic E-state index is 3.81. The van der Waals surface area contributed by atoms with Crippen LogP contribution >= 0.6 is 0 Å². The monoisotopic (exact) mass is 266 g/mol. The zero-order valence-electron chi connectivity index (χ0n) is 13.5. The molecule has 0 spiro atoms. The Bertz CT molecular complexity index is 260. The Balaban J connectivity index is 1.87. The van der Waals surface area contributed by atoms with Gasteiger partial charge in [-0.3, -0.25) is 4.90 Å². The molecule has 1 aliphatic heterocycles. The molecule has 0 aromatic rings. The third kappa shape index (κ3) is 4.75. The van der Waals surface area contributed by atoms with Gasteiger partial charge in [0, 0.05) is 25.2 Å². The Kier molecular flexibility index (Phi) is 5.70. The second kappa shape index (κ2) is 7.08. The third-order valence-corrected chi connectivity index (χ3v) is 4.96. The van der Waals surface area contributed by atoms with E-state index in [0.717, 1.165) is 29.8 Å². The van der Waals surface area contributed by atoms with Crippen molar-refractivity contribution in [1.29, 1.82) is 0 Å². The number of hydrogen-bond acceptors (Lipinski definition) is 2. The highest BCUT2D eigenvalue weighted by Gasteiger charge is 2.36. The number of hydrogen-bond donors (Lipinski definition) is 1. The minimum atomic E-state index is 0.730. The van der Waals surface area contributed by atoms with E-state index in [1.807, 2.05) is 0 Å². The average Bonchev–Trinajstić information content (AvgIpc) is 3.20. The molecule has 2 fully saturated rings.